The second kappa shape index (κ2) is 9.06. The highest BCUT2D eigenvalue weighted by Crippen LogP contribution is 2.27. The predicted molar refractivity (Wildman–Crippen MR) is 136 cm³/mol. The van der Waals surface area contributed by atoms with Crippen molar-refractivity contribution in [1.82, 2.24) is 4.57 Å². The van der Waals surface area contributed by atoms with Gasteiger partial charge in [-0.15, -0.1) is 0 Å². The minimum atomic E-state index is -0.494. The molecule has 4 rings (SSSR count). The quantitative estimate of drug-likeness (QED) is 0.411. The lowest BCUT2D eigenvalue weighted by Crippen LogP contribution is -2.17. The maximum absolute atomic E-state index is 12.6. The molecule has 3 N–H and O–H groups in total. The summed E-state index contributed by atoms with van der Waals surface area (Å²) in [6.07, 6.45) is 0. The Kier molecular flexibility index (Phi) is 6.16. The highest BCUT2D eigenvalue weighted by molar-refractivity contribution is 6.05. The van der Waals surface area contributed by atoms with Gasteiger partial charge >= 0.3 is 0 Å². The van der Waals surface area contributed by atoms with E-state index in [1.54, 1.807) is 37.4 Å². The van der Waals surface area contributed by atoms with Crippen molar-refractivity contribution in [1.29, 1.82) is 0 Å². The van der Waals surface area contributed by atoms with E-state index in [0.29, 0.717) is 29.2 Å². The van der Waals surface area contributed by atoms with Crippen LogP contribution in [0.4, 0.5) is 5.69 Å². The van der Waals surface area contributed by atoms with Gasteiger partial charge in [-0.05, 0) is 65.1 Å². The number of primary amides is 1. The number of aromatic nitrogens is 1. The number of nitrogens with one attached hydrogen (secondary N) is 1. The molecule has 6 nitrogen and oxygen atoms in total. The van der Waals surface area contributed by atoms with Crippen LogP contribution in [0.25, 0.3) is 10.9 Å². The van der Waals surface area contributed by atoms with Crippen molar-refractivity contribution >= 4 is 28.4 Å². The monoisotopic (exact) mass is 455 g/mol. The molecule has 3 aromatic carbocycles. The van der Waals surface area contributed by atoms with Crippen molar-refractivity contribution in [3.63, 3.8) is 0 Å². The molecule has 0 saturated carbocycles. The Morgan fingerprint density at radius 1 is 0.941 bits per heavy atom. The summed E-state index contributed by atoms with van der Waals surface area (Å²) in [5, 5.41) is 3.74. The van der Waals surface area contributed by atoms with Gasteiger partial charge in [-0.2, -0.15) is 0 Å². The summed E-state index contributed by atoms with van der Waals surface area (Å²) >= 11 is 0. The summed E-state index contributed by atoms with van der Waals surface area (Å²) in [6.45, 7) is 7.05. The number of fused-ring (bicyclic) bond motifs is 1. The van der Waals surface area contributed by atoms with E-state index in [1.807, 2.05) is 22.8 Å². The Morgan fingerprint density at radius 3 is 2.21 bits per heavy atom. The van der Waals surface area contributed by atoms with Crippen LogP contribution in [-0.2, 0) is 12.0 Å². The van der Waals surface area contributed by atoms with Gasteiger partial charge in [0.15, 0.2) is 0 Å². The Labute approximate surface area is 199 Å². The first-order valence-electron chi connectivity index (χ1n) is 11.1. The zero-order chi connectivity index (χ0) is 24.5. The maximum Gasteiger partial charge on any atom is 0.265 e. The van der Waals surface area contributed by atoms with Crippen LogP contribution in [0.1, 0.15) is 52.7 Å². The lowest BCUT2D eigenvalue weighted by atomic mass is 9.87. The minimum absolute atomic E-state index is 0.0731. The van der Waals surface area contributed by atoms with Crippen molar-refractivity contribution in [2.75, 3.05) is 12.4 Å². The third-order valence-corrected chi connectivity index (χ3v) is 5.92. The Hall–Kier alpha value is -4.06. The van der Waals surface area contributed by atoms with Crippen LogP contribution in [0.5, 0.6) is 5.75 Å². The van der Waals surface area contributed by atoms with Crippen LogP contribution >= 0.6 is 0 Å². The molecule has 0 aliphatic carbocycles. The molecule has 0 bridgehead atoms. The highest BCUT2D eigenvalue weighted by atomic mass is 16.5. The highest BCUT2D eigenvalue weighted by Gasteiger charge is 2.16. The van der Waals surface area contributed by atoms with Gasteiger partial charge in [-0.1, -0.05) is 45.0 Å². The van der Waals surface area contributed by atoms with E-state index in [1.165, 1.54) is 5.56 Å². The lowest BCUT2D eigenvalue weighted by Gasteiger charge is -2.19. The number of ether oxygens (including phenoxy) is 1. The number of methoxy groups -OCH3 is 1. The first-order chi connectivity index (χ1) is 16.2. The average molecular weight is 456 g/mol. The smallest absolute Gasteiger partial charge is 0.265 e. The topological polar surface area (TPSA) is 86.3 Å². The molecular formula is C28H29N3O3. The van der Waals surface area contributed by atoms with Gasteiger partial charge < -0.3 is 20.4 Å². The second-order valence-electron chi connectivity index (χ2n) is 9.38. The van der Waals surface area contributed by atoms with E-state index in [0.717, 1.165) is 16.5 Å². The molecule has 1 aromatic heterocycles. The molecule has 2 amide bonds. The van der Waals surface area contributed by atoms with Gasteiger partial charge in [0, 0.05) is 28.7 Å². The van der Waals surface area contributed by atoms with Crippen LogP contribution in [0.3, 0.4) is 0 Å². The number of benzene rings is 3. The number of carbonyl (C=O) groups is 2. The van der Waals surface area contributed by atoms with Crippen LogP contribution < -0.4 is 15.8 Å². The molecule has 0 aliphatic heterocycles. The Bertz CT molecular complexity index is 1340. The van der Waals surface area contributed by atoms with E-state index < -0.39 is 5.91 Å². The molecule has 0 unspecified atom stereocenters. The summed E-state index contributed by atoms with van der Waals surface area (Å²) in [4.78, 5) is 24.8. The minimum Gasteiger partial charge on any atom is -0.497 e. The average Bonchev–Trinajstić information content (AvgIpc) is 3.16. The van der Waals surface area contributed by atoms with Crippen LogP contribution in [-0.4, -0.2) is 23.5 Å². The lowest BCUT2D eigenvalue weighted by molar-refractivity contribution is 0.0990. The van der Waals surface area contributed by atoms with Gasteiger partial charge in [0.05, 0.1) is 7.11 Å². The zero-order valence-electron chi connectivity index (χ0n) is 19.9. The van der Waals surface area contributed by atoms with Crippen molar-refractivity contribution < 1.29 is 14.3 Å². The number of carbonyl (C=O) groups excluding carboxylic acids is 2. The van der Waals surface area contributed by atoms with E-state index in [2.05, 4.69) is 50.4 Å². The normalized spacial score (nSPS) is 11.4. The molecule has 0 spiro atoms. The molecule has 0 aliphatic rings. The van der Waals surface area contributed by atoms with Gasteiger partial charge in [0.2, 0.25) is 0 Å². The largest absolute Gasteiger partial charge is 0.497 e. The van der Waals surface area contributed by atoms with Crippen molar-refractivity contribution in [3.05, 3.63) is 95.2 Å². The fourth-order valence-electron chi connectivity index (χ4n) is 3.96. The fourth-order valence-corrected chi connectivity index (χ4v) is 3.96. The van der Waals surface area contributed by atoms with Crippen molar-refractivity contribution in [2.24, 2.45) is 5.73 Å². The number of amides is 2. The maximum atomic E-state index is 12.6. The van der Waals surface area contributed by atoms with Crippen molar-refractivity contribution in [2.45, 2.75) is 32.7 Å². The molecule has 0 atom stereocenters. The molecule has 34 heavy (non-hydrogen) atoms. The number of nitrogens with zero attached hydrogens (tertiary/aromatic N) is 1. The summed E-state index contributed by atoms with van der Waals surface area (Å²) in [5.41, 5.74) is 10.5. The fraction of sp³-hybridized carbons (Fsp3) is 0.214. The molecule has 0 saturated heterocycles. The first kappa shape index (κ1) is 23.1. The predicted octanol–water partition coefficient (Wildman–Crippen LogP) is 5.35. The van der Waals surface area contributed by atoms with E-state index >= 15 is 0 Å². The van der Waals surface area contributed by atoms with Crippen molar-refractivity contribution in [3.8, 4) is 5.75 Å². The number of rotatable bonds is 6. The third kappa shape index (κ3) is 4.81. The molecule has 6 heteroatoms. The van der Waals surface area contributed by atoms with Gasteiger partial charge in [0.25, 0.3) is 11.8 Å². The summed E-state index contributed by atoms with van der Waals surface area (Å²) in [7, 11) is 1.58. The van der Waals surface area contributed by atoms with E-state index in [4.69, 9.17) is 10.5 Å². The molecule has 4 aromatic rings. The van der Waals surface area contributed by atoms with Crippen LogP contribution in [0.2, 0.25) is 0 Å². The van der Waals surface area contributed by atoms with Gasteiger partial charge in [-0.25, -0.2) is 0 Å². The van der Waals surface area contributed by atoms with E-state index in [-0.39, 0.29) is 11.3 Å². The van der Waals surface area contributed by atoms with Crippen LogP contribution in [0, 0.1) is 0 Å². The first-order valence-corrected chi connectivity index (χ1v) is 11.1. The SMILES string of the molecule is COc1ccc(C(=O)Nc2ccc3c(c2)cc(C(N)=O)n3Cc2ccc(C(C)(C)C)cc2)cc1. The zero-order valence-corrected chi connectivity index (χ0v) is 19.9. The number of hydrogen-bond donors (Lipinski definition) is 2. The standard InChI is InChI=1S/C28H29N3O3/c1-28(2,3)21-9-5-18(6-10-21)17-31-24-14-11-22(15-20(24)16-25(31)26(29)32)30-27(33)19-7-12-23(34-4)13-8-19/h5-16H,17H2,1-4H3,(H2,29,32)(H,30,33). The van der Waals surface area contributed by atoms with Gasteiger partial charge in [0.1, 0.15) is 11.4 Å². The Morgan fingerprint density at radius 2 is 1.62 bits per heavy atom. The number of hydrogen-bond acceptors (Lipinski definition) is 3. The second-order valence-corrected chi connectivity index (χ2v) is 9.38. The number of nitrogens with two attached hydrogens (primary N) is 1. The Balaban J connectivity index is 1.61. The third-order valence-electron chi connectivity index (χ3n) is 5.92. The summed E-state index contributed by atoms with van der Waals surface area (Å²) in [6, 6.07) is 22.7. The molecule has 1 heterocycles. The summed E-state index contributed by atoms with van der Waals surface area (Å²) < 4.78 is 7.06. The van der Waals surface area contributed by atoms with E-state index in [9.17, 15) is 9.59 Å². The number of anilines is 1. The molecular weight excluding hydrogens is 426 g/mol. The molecule has 0 radical (unpaired) electrons. The summed E-state index contributed by atoms with van der Waals surface area (Å²) in [5.74, 6) is -0.0341. The van der Waals surface area contributed by atoms with Crippen LogP contribution in [0.15, 0.2) is 72.8 Å². The molecule has 174 valence electrons. The molecule has 0 fully saturated rings. The van der Waals surface area contributed by atoms with Gasteiger partial charge in [-0.3, -0.25) is 9.59 Å².